The summed E-state index contributed by atoms with van der Waals surface area (Å²) in [6.45, 7) is 2.92. The largest absolute Gasteiger partial charge is 0.492 e. The molecule has 0 amide bonds. The number of unbranched alkanes of at least 4 members (excludes halogenated alkanes) is 2. The van der Waals surface area contributed by atoms with Gasteiger partial charge < -0.3 is 4.74 Å². The zero-order valence-electron chi connectivity index (χ0n) is 10.2. The van der Waals surface area contributed by atoms with E-state index < -0.39 is 0 Å². The second kappa shape index (κ2) is 8.90. The molecular weight excluding hydrogens is 234 g/mol. The average molecular weight is 252 g/mol. The van der Waals surface area contributed by atoms with E-state index in [0.717, 1.165) is 24.3 Å². The zero-order valence-corrected chi connectivity index (χ0v) is 11.0. The third-order valence-electron chi connectivity index (χ3n) is 2.18. The Bertz CT molecular complexity index is 381. The fraction of sp³-hybridized carbons (Fsp3) is 0.500. The van der Waals surface area contributed by atoms with Crippen molar-refractivity contribution in [3.8, 4) is 17.6 Å². The first-order chi connectivity index (χ1) is 8.36. The highest BCUT2D eigenvalue weighted by molar-refractivity contribution is 6.18. The smallest absolute Gasteiger partial charge is 0.138 e. The molecule has 0 fully saturated rings. The number of pyridine rings is 1. The van der Waals surface area contributed by atoms with Gasteiger partial charge in [0.2, 0.25) is 0 Å². The van der Waals surface area contributed by atoms with Crippen molar-refractivity contribution in [1.82, 2.24) is 4.98 Å². The van der Waals surface area contributed by atoms with Gasteiger partial charge in [-0.1, -0.05) is 31.6 Å². The Morgan fingerprint density at radius 3 is 3.00 bits per heavy atom. The van der Waals surface area contributed by atoms with Gasteiger partial charge in [0, 0.05) is 24.1 Å². The molecule has 0 radical (unpaired) electrons. The van der Waals surface area contributed by atoms with Crippen molar-refractivity contribution >= 4 is 11.6 Å². The molecule has 1 aromatic heterocycles. The molecule has 0 bridgehead atoms. The topological polar surface area (TPSA) is 22.1 Å². The van der Waals surface area contributed by atoms with Crippen LogP contribution in [0.15, 0.2) is 18.5 Å². The Balaban J connectivity index is 2.46. The van der Waals surface area contributed by atoms with Crippen molar-refractivity contribution in [2.75, 3.05) is 12.5 Å². The van der Waals surface area contributed by atoms with Gasteiger partial charge in [-0.2, -0.15) is 0 Å². The van der Waals surface area contributed by atoms with Crippen LogP contribution >= 0.6 is 11.6 Å². The van der Waals surface area contributed by atoms with Crippen LogP contribution in [0.5, 0.6) is 5.75 Å². The van der Waals surface area contributed by atoms with E-state index in [1.54, 1.807) is 12.4 Å². The number of alkyl halides is 1. The van der Waals surface area contributed by atoms with E-state index in [2.05, 4.69) is 23.7 Å². The van der Waals surface area contributed by atoms with Crippen LogP contribution in [0.1, 0.15) is 38.2 Å². The maximum atomic E-state index is 5.60. The Labute approximate surface area is 108 Å². The molecule has 0 aliphatic carbocycles. The van der Waals surface area contributed by atoms with E-state index in [4.69, 9.17) is 16.3 Å². The van der Waals surface area contributed by atoms with Crippen LogP contribution in [0.3, 0.4) is 0 Å². The molecule has 17 heavy (non-hydrogen) atoms. The molecule has 2 nitrogen and oxygen atoms in total. The molecule has 1 heterocycles. The monoisotopic (exact) mass is 251 g/mol. The van der Waals surface area contributed by atoms with Crippen molar-refractivity contribution in [1.29, 1.82) is 0 Å². The first-order valence-corrected chi connectivity index (χ1v) is 6.53. The van der Waals surface area contributed by atoms with Gasteiger partial charge in [0.15, 0.2) is 0 Å². The van der Waals surface area contributed by atoms with Gasteiger partial charge in [0.1, 0.15) is 5.75 Å². The highest BCUT2D eigenvalue weighted by Gasteiger charge is 1.95. The Morgan fingerprint density at radius 2 is 2.24 bits per heavy atom. The lowest BCUT2D eigenvalue weighted by atomic mass is 10.2. The number of ether oxygens (including phenoxy) is 1. The molecule has 0 N–H and O–H groups in total. The molecule has 0 aromatic carbocycles. The van der Waals surface area contributed by atoms with Gasteiger partial charge in [-0.05, 0) is 12.5 Å². The van der Waals surface area contributed by atoms with Crippen molar-refractivity contribution in [3.63, 3.8) is 0 Å². The number of nitrogens with zero attached hydrogens (tertiary/aromatic N) is 1. The molecule has 0 saturated heterocycles. The number of halogens is 1. The van der Waals surface area contributed by atoms with Crippen LogP contribution in [0.4, 0.5) is 0 Å². The molecular formula is C14H18ClNO. The van der Waals surface area contributed by atoms with E-state index in [0.29, 0.717) is 12.3 Å². The first-order valence-electron chi connectivity index (χ1n) is 5.99. The minimum absolute atomic E-state index is 0.563. The van der Waals surface area contributed by atoms with Gasteiger partial charge >= 0.3 is 0 Å². The molecule has 0 spiro atoms. The second-order valence-corrected chi connectivity index (χ2v) is 4.08. The first kappa shape index (κ1) is 13.9. The van der Waals surface area contributed by atoms with E-state index in [1.165, 1.54) is 12.8 Å². The summed E-state index contributed by atoms with van der Waals surface area (Å²) in [7, 11) is 0. The third kappa shape index (κ3) is 6.19. The molecule has 1 aromatic rings. The Kier molecular flexibility index (Phi) is 7.25. The summed E-state index contributed by atoms with van der Waals surface area (Å²) in [6.07, 6.45) is 7.63. The standard InChI is InChI=1S/C14H18ClNO/c1-2-3-6-9-17-14-10-13(11-16-12-14)7-4-5-8-15/h10-12H,2-3,5-6,8-9H2,1H3. The molecule has 92 valence electrons. The fourth-order valence-electron chi connectivity index (χ4n) is 1.32. The normalized spacial score (nSPS) is 9.53. The minimum Gasteiger partial charge on any atom is -0.492 e. The summed E-state index contributed by atoms with van der Waals surface area (Å²) in [6, 6.07) is 1.92. The van der Waals surface area contributed by atoms with Gasteiger partial charge in [-0.25, -0.2) is 0 Å². The lowest BCUT2D eigenvalue weighted by Gasteiger charge is -2.04. The molecule has 0 aliphatic rings. The lowest BCUT2D eigenvalue weighted by Crippen LogP contribution is -1.97. The SMILES string of the molecule is CCCCCOc1cncc(C#CCCCl)c1. The molecule has 3 heteroatoms. The number of aromatic nitrogens is 1. The number of hydrogen-bond acceptors (Lipinski definition) is 2. The second-order valence-electron chi connectivity index (χ2n) is 3.71. The average Bonchev–Trinajstić information content (AvgIpc) is 2.36. The van der Waals surface area contributed by atoms with Gasteiger partial charge in [-0.15, -0.1) is 11.6 Å². The molecule has 0 saturated carbocycles. The van der Waals surface area contributed by atoms with Gasteiger partial charge in [0.25, 0.3) is 0 Å². The summed E-state index contributed by atoms with van der Waals surface area (Å²) in [4.78, 5) is 4.10. The number of hydrogen-bond donors (Lipinski definition) is 0. The fourth-order valence-corrected chi connectivity index (χ4v) is 1.41. The quantitative estimate of drug-likeness (QED) is 0.438. The molecule has 0 aliphatic heterocycles. The van der Waals surface area contributed by atoms with Gasteiger partial charge in [0.05, 0.1) is 12.8 Å². The van der Waals surface area contributed by atoms with Crippen LogP contribution in [0, 0.1) is 11.8 Å². The van der Waals surface area contributed by atoms with E-state index in [-0.39, 0.29) is 0 Å². The van der Waals surface area contributed by atoms with Crippen molar-refractivity contribution in [3.05, 3.63) is 24.0 Å². The molecule has 1 rings (SSSR count). The number of rotatable bonds is 6. The van der Waals surface area contributed by atoms with E-state index in [9.17, 15) is 0 Å². The van der Waals surface area contributed by atoms with Crippen molar-refractivity contribution in [2.24, 2.45) is 0 Å². The summed E-state index contributed by atoms with van der Waals surface area (Å²) in [5, 5.41) is 0. The Morgan fingerprint density at radius 1 is 1.35 bits per heavy atom. The van der Waals surface area contributed by atoms with Crippen LogP contribution < -0.4 is 4.74 Å². The summed E-state index contributed by atoms with van der Waals surface area (Å²) >= 11 is 5.55. The summed E-state index contributed by atoms with van der Waals surface area (Å²) < 4.78 is 5.60. The highest BCUT2D eigenvalue weighted by atomic mass is 35.5. The summed E-state index contributed by atoms with van der Waals surface area (Å²) in [5.41, 5.74) is 0.878. The van der Waals surface area contributed by atoms with Crippen molar-refractivity contribution < 1.29 is 4.74 Å². The van der Waals surface area contributed by atoms with E-state index >= 15 is 0 Å². The van der Waals surface area contributed by atoms with Crippen LogP contribution in [-0.4, -0.2) is 17.5 Å². The maximum absolute atomic E-state index is 5.60. The summed E-state index contributed by atoms with van der Waals surface area (Å²) in [5.74, 6) is 7.34. The molecule has 0 atom stereocenters. The van der Waals surface area contributed by atoms with Crippen LogP contribution in [0.25, 0.3) is 0 Å². The van der Waals surface area contributed by atoms with Crippen LogP contribution in [0.2, 0.25) is 0 Å². The lowest BCUT2D eigenvalue weighted by molar-refractivity contribution is 0.305. The van der Waals surface area contributed by atoms with E-state index in [1.807, 2.05) is 6.07 Å². The predicted octanol–water partition coefficient (Wildman–Crippen LogP) is 3.63. The van der Waals surface area contributed by atoms with Crippen molar-refractivity contribution in [2.45, 2.75) is 32.6 Å². The van der Waals surface area contributed by atoms with Gasteiger partial charge in [-0.3, -0.25) is 4.98 Å². The van der Waals surface area contributed by atoms with Crippen LogP contribution in [-0.2, 0) is 0 Å². The molecule has 0 unspecified atom stereocenters. The minimum atomic E-state index is 0.563. The third-order valence-corrected chi connectivity index (χ3v) is 2.37. The predicted molar refractivity (Wildman–Crippen MR) is 71.5 cm³/mol. The highest BCUT2D eigenvalue weighted by Crippen LogP contribution is 2.11. The zero-order chi connectivity index (χ0) is 12.3. The maximum Gasteiger partial charge on any atom is 0.138 e. The Hall–Kier alpha value is -1.20.